The van der Waals surface area contributed by atoms with E-state index in [0.29, 0.717) is 0 Å². The third kappa shape index (κ3) is 8.44. The zero-order valence-corrected chi connectivity index (χ0v) is 17.4. The van der Waals surface area contributed by atoms with Crippen molar-refractivity contribution >= 4 is 23.6 Å². The number of phenols is 1. The Morgan fingerprint density at radius 1 is 0.812 bits per heavy atom. The Bertz CT molecular complexity index is 933. The average molecular weight is 441 g/mol. The van der Waals surface area contributed by atoms with Gasteiger partial charge in [0.2, 0.25) is 23.6 Å². The second-order valence-electron chi connectivity index (χ2n) is 7.18. The summed E-state index contributed by atoms with van der Waals surface area (Å²) in [7, 11) is 0. The molecule has 0 saturated carbocycles. The van der Waals surface area contributed by atoms with Crippen LogP contribution < -0.4 is 27.4 Å². The summed E-state index contributed by atoms with van der Waals surface area (Å²) in [6.07, 6.45) is 0.455. The third-order valence-corrected chi connectivity index (χ3v) is 4.56. The second kappa shape index (κ2) is 12.1. The number of amides is 4. The summed E-state index contributed by atoms with van der Waals surface area (Å²) in [6, 6.07) is 13.5. The van der Waals surface area contributed by atoms with E-state index in [4.69, 9.17) is 11.5 Å². The van der Waals surface area contributed by atoms with Crippen molar-refractivity contribution in [3.8, 4) is 5.75 Å². The van der Waals surface area contributed by atoms with E-state index in [1.165, 1.54) is 12.1 Å². The second-order valence-corrected chi connectivity index (χ2v) is 7.18. The van der Waals surface area contributed by atoms with Crippen molar-refractivity contribution in [3.63, 3.8) is 0 Å². The number of benzene rings is 2. The number of carbonyl (C=O) groups is 4. The summed E-state index contributed by atoms with van der Waals surface area (Å²) in [5.41, 5.74) is 12.8. The standard InChI is InChI=1S/C22H27N5O5/c23-17(10-15-6-8-16(28)9-7-15)22(32)26-12-19(29)25-13-20(30)27-18(21(24)31)11-14-4-2-1-3-5-14/h1-9,17-18,28H,10-13,23H2,(H2,24,31)(H,25,29)(H,26,32)(H,27,30)/t17-,18-/m0/s1. The van der Waals surface area contributed by atoms with Crippen LogP contribution in [0.1, 0.15) is 11.1 Å². The first kappa shape index (κ1) is 24.4. The van der Waals surface area contributed by atoms with Gasteiger partial charge in [0.15, 0.2) is 0 Å². The van der Waals surface area contributed by atoms with Crippen LogP contribution in [-0.4, -0.2) is 53.9 Å². The Labute approximate surface area is 185 Å². The highest BCUT2D eigenvalue weighted by molar-refractivity contribution is 5.91. The normalized spacial score (nSPS) is 12.3. The molecule has 0 aliphatic carbocycles. The lowest BCUT2D eigenvalue weighted by Crippen LogP contribution is -2.50. The van der Waals surface area contributed by atoms with Crippen molar-refractivity contribution in [1.29, 1.82) is 0 Å². The molecule has 0 saturated heterocycles. The number of hydrogen-bond acceptors (Lipinski definition) is 6. The number of rotatable bonds is 11. The fraction of sp³-hybridized carbons (Fsp3) is 0.273. The Morgan fingerprint density at radius 3 is 2.03 bits per heavy atom. The summed E-state index contributed by atoms with van der Waals surface area (Å²) < 4.78 is 0. The molecule has 0 unspecified atom stereocenters. The average Bonchev–Trinajstić information content (AvgIpc) is 2.77. The molecule has 0 fully saturated rings. The summed E-state index contributed by atoms with van der Waals surface area (Å²) in [4.78, 5) is 47.7. The van der Waals surface area contributed by atoms with Gasteiger partial charge in [0.1, 0.15) is 11.8 Å². The fourth-order valence-corrected chi connectivity index (χ4v) is 2.84. The monoisotopic (exact) mass is 441 g/mol. The summed E-state index contributed by atoms with van der Waals surface area (Å²) >= 11 is 0. The van der Waals surface area contributed by atoms with Crippen LogP contribution in [-0.2, 0) is 32.0 Å². The maximum atomic E-state index is 12.1. The Morgan fingerprint density at radius 2 is 1.41 bits per heavy atom. The van der Waals surface area contributed by atoms with E-state index in [2.05, 4.69) is 16.0 Å². The molecular weight excluding hydrogens is 414 g/mol. The molecule has 0 bridgehead atoms. The predicted molar refractivity (Wildman–Crippen MR) is 117 cm³/mol. The van der Waals surface area contributed by atoms with E-state index in [1.807, 2.05) is 6.07 Å². The SMILES string of the molecule is NC(=O)[C@H](Cc1ccccc1)NC(=O)CNC(=O)CNC(=O)[C@@H](N)Cc1ccc(O)cc1. The van der Waals surface area contributed by atoms with Gasteiger partial charge >= 0.3 is 0 Å². The van der Waals surface area contributed by atoms with Gasteiger partial charge in [0.25, 0.3) is 0 Å². The van der Waals surface area contributed by atoms with Gasteiger partial charge < -0.3 is 32.5 Å². The number of phenolic OH excluding ortho intramolecular Hbond substituents is 1. The lowest BCUT2D eigenvalue weighted by Gasteiger charge is -2.16. The molecule has 4 amide bonds. The molecule has 2 aromatic rings. The third-order valence-electron chi connectivity index (χ3n) is 4.56. The van der Waals surface area contributed by atoms with Gasteiger partial charge in [-0.25, -0.2) is 0 Å². The Hall–Kier alpha value is -3.92. The molecule has 0 aliphatic heterocycles. The number of hydrogen-bond donors (Lipinski definition) is 6. The highest BCUT2D eigenvalue weighted by Gasteiger charge is 2.19. The van der Waals surface area contributed by atoms with Gasteiger partial charge in [-0.1, -0.05) is 42.5 Å². The van der Waals surface area contributed by atoms with Crippen LogP contribution in [0.15, 0.2) is 54.6 Å². The number of nitrogens with one attached hydrogen (secondary N) is 3. The molecule has 10 nitrogen and oxygen atoms in total. The van der Waals surface area contributed by atoms with Crippen molar-refractivity contribution in [2.75, 3.05) is 13.1 Å². The van der Waals surface area contributed by atoms with E-state index in [0.717, 1.165) is 11.1 Å². The van der Waals surface area contributed by atoms with Crippen LogP contribution in [0.2, 0.25) is 0 Å². The zero-order chi connectivity index (χ0) is 23.5. The lowest BCUT2D eigenvalue weighted by molar-refractivity contribution is -0.129. The first-order valence-electron chi connectivity index (χ1n) is 9.95. The molecule has 2 aromatic carbocycles. The summed E-state index contributed by atoms with van der Waals surface area (Å²) in [6.45, 7) is -0.745. The van der Waals surface area contributed by atoms with Gasteiger partial charge in [-0.2, -0.15) is 0 Å². The molecule has 8 N–H and O–H groups in total. The van der Waals surface area contributed by atoms with E-state index in [-0.39, 0.29) is 31.7 Å². The molecule has 0 aromatic heterocycles. The quantitative estimate of drug-likeness (QED) is 0.253. The van der Waals surface area contributed by atoms with Crippen LogP contribution in [0.3, 0.4) is 0 Å². The zero-order valence-electron chi connectivity index (χ0n) is 17.4. The number of aromatic hydroxyl groups is 1. The Kier molecular flexibility index (Phi) is 9.18. The molecule has 10 heteroatoms. The van der Waals surface area contributed by atoms with Crippen molar-refractivity contribution in [1.82, 2.24) is 16.0 Å². The molecule has 170 valence electrons. The van der Waals surface area contributed by atoms with Crippen LogP contribution in [0.25, 0.3) is 0 Å². The topological polar surface area (TPSA) is 177 Å². The van der Waals surface area contributed by atoms with E-state index in [1.54, 1.807) is 36.4 Å². The van der Waals surface area contributed by atoms with Gasteiger partial charge in [-0.3, -0.25) is 19.2 Å². The molecule has 0 aliphatic rings. The minimum atomic E-state index is -0.917. The fourth-order valence-electron chi connectivity index (χ4n) is 2.84. The van der Waals surface area contributed by atoms with Crippen LogP contribution in [0.4, 0.5) is 0 Å². The maximum absolute atomic E-state index is 12.1. The summed E-state index contributed by atoms with van der Waals surface area (Å²) in [5.74, 6) is -2.30. The van der Waals surface area contributed by atoms with Gasteiger partial charge in [-0.15, -0.1) is 0 Å². The van der Waals surface area contributed by atoms with E-state index < -0.39 is 35.7 Å². The summed E-state index contributed by atoms with van der Waals surface area (Å²) in [5, 5.41) is 16.5. The molecule has 2 rings (SSSR count). The van der Waals surface area contributed by atoms with Crippen molar-refractivity contribution in [2.45, 2.75) is 24.9 Å². The molecule has 2 atom stereocenters. The largest absolute Gasteiger partial charge is 0.508 e. The van der Waals surface area contributed by atoms with Crippen molar-refractivity contribution < 1.29 is 24.3 Å². The van der Waals surface area contributed by atoms with Gasteiger partial charge in [-0.05, 0) is 29.7 Å². The highest BCUT2D eigenvalue weighted by Crippen LogP contribution is 2.10. The molecular formula is C22H27N5O5. The predicted octanol–water partition coefficient (Wildman–Crippen LogP) is -1.29. The van der Waals surface area contributed by atoms with E-state index >= 15 is 0 Å². The number of carbonyl (C=O) groups excluding carboxylic acids is 4. The molecule has 0 radical (unpaired) electrons. The first-order valence-corrected chi connectivity index (χ1v) is 9.95. The van der Waals surface area contributed by atoms with Crippen molar-refractivity contribution in [3.05, 3.63) is 65.7 Å². The number of primary amides is 1. The first-order chi connectivity index (χ1) is 15.2. The van der Waals surface area contributed by atoms with Gasteiger partial charge in [0.05, 0.1) is 19.1 Å². The smallest absolute Gasteiger partial charge is 0.240 e. The lowest BCUT2D eigenvalue weighted by atomic mass is 10.1. The number of nitrogens with two attached hydrogens (primary N) is 2. The van der Waals surface area contributed by atoms with Crippen molar-refractivity contribution in [2.24, 2.45) is 11.5 Å². The van der Waals surface area contributed by atoms with Crippen LogP contribution in [0, 0.1) is 0 Å². The highest BCUT2D eigenvalue weighted by atomic mass is 16.3. The molecule has 0 heterocycles. The maximum Gasteiger partial charge on any atom is 0.240 e. The van der Waals surface area contributed by atoms with Gasteiger partial charge in [0, 0.05) is 6.42 Å². The van der Waals surface area contributed by atoms with E-state index in [9.17, 15) is 24.3 Å². The Balaban J connectivity index is 1.71. The minimum Gasteiger partial charge on any atom is -0.508 e. The van der Waals surface area contributed by atoms with Crippen LogP contribution >= 0.6 is 0 Å². The molecule has 32 heavy (non-hydrogen) atoms. The molecule has 0 spiro atoms. The minimum absolute atomic E-state index is 0.106. The van der Waals surface area contributed by atoms with Crippen LogP contribution in [0.5, 0.6) is 5.75 Å².